The molecule has 2 atom stereocenters. The van der Waals surface area contributed by atoms with E-state index in [9.17, 15) is 23.1 Å². The fourth-order valence-corrected chi connectivity index (χ4v) is 4.17. The minimum absolute atomic E-state index is 0.300. The number of aliphatic hydroxyl groups is 1. The molecule has 4 nitrogen and oxygen atoms in total. The van der Waals surface area contributed by atoms with Gasteiger partial charge in [-0.3, -0.25) is 4.79 Å². The average Bonchev–Trinajstić information content (AvgIpc) is 2.70. The molecular formula is C21H23ClF3NO3S. The Balaban J connectivity index is 2.11. The van der Waals surface area contributed by atoms with Crippen molar-refractivity contribution in [2.24, 2.45) is 11.1 Å². The molecule has 0 bridgehead atoms. The van der Waals surface area contributed by atoms with E-state index in [2.05, 4.69) is 0 Å². The number of hydrogen-bond donors (Lipinski definition) is 2. The molecule has 0 aliphatic heterocycles. The summed E-state index contributed by atoms with van der Waals surface area (Å²) in [4.78, 5) is 13.0. The van der Waals surface area contributed by atoms with Crippen molar-refractivity contribution in [1.29, 1.82) is 0 Å². The van der Waals surface area contributed by atoms with Crippen LogP contribution in [0.4, 0.5) is 13.2 Å². The summed E-state index contributed by atoms with van der Waals surface area (Å²) in [5.74, 6) is -0.517. The summed E-state index contributed by atoms with van der Waals surface area (Å²) >= 11 is 7.51. The third-order valence-corrected chi connectivity index (χ3v) is 6.11. The Labute approximate surface area is 182 Å². The van der Waals surface area contributed by atoms with Crippen molar-refractivity contribution in [3.63, 3.8) is 0 Å². The molecule has 0 fully saturated rings. The number of alkyl halides is 3. The molecule has 0 aromatic heterocycles. The lowest BCUT2D eigenvalue weighted by Gasteiger charge is -2.26. The summed E-state index contributed by atoms with van der Waals surface area (Å²) in [5.41, 5.74) is 5.10. The Morgan fingerprint density at radius 2 is 1.90 bits per heavy atom. The van der Waals surface area contributed by atoms with E-state index in [-0.39, 0.29) is 6.61 Å². The maximum absolute atomic E-state index is 12.9. The molecule has 3 N–H and O–H groups in total. The molecule has 0 saturated heterocycles. The van der Waals surface area contributed by atoms with E-state index >= 15 is 0 Å². The maximum atomic E-state index is 12.9. The Morgan fingerprint density at radius 1 is 1.23 bits per heavy atom. The average molecular weight is 462 g/mol. The number of hydrogen-bond acceptors (Lipinski definition) is 5. The van der Waals surface area contributed by atoms with Crippen molar-refractivity contribution >= 4 is 29.3 Å². The summed E-state index contributed by atoms with van der Waals surface area (Å²) in [7, 11) is 1.26. The highest BCUT2D eigenvalue weighted by atomic mass is 35.5. The van der Waals surface area contributed by atoms with Gasteiger partial charge in [0.1, 0.15) is 0 Å². The molecule has 2 aromatic rings. The molecule has 0 aliphatic carbocycles. The SMILES string of the molecule is COC(=O)C(C)(CO)CCC(N)c1ccc(Sc2cccc(C(F)(F)F)c2)cc1Cl. The third kappa shape index (κ3) is 6.14. The zero-order valence-corrected chi connectivity index (χ0v) is 18.1. The van der Waals surface area contributed by atoms with Crippen LogP contribution in [0, 0.1) is 5.41 Å². The van der Waals surface area contributed by atoms with Gasteiger partial charge in [0.05, 0.1) is 24.7 Å². The number of ether oxygens (including phenoxy) is 1. The molecule has 30 heavy (non-hydrogen) atoms. The molecule has 0 heterocycles. The van der Waals surface area contributed by atoms with E-state index in [1.54, 1.807) is 31.2 Å². The number of halogens is 4. The number of rotatable bonds is 8. The molecule has 2 aromatic carbocycles. The molecule has 0 saturated carbocycles. The number of benzene rings is 2. The van der Waals surface area contributed by atoms with Crippen LogP contribution in [-0.4, -0.2) is 24.8 Å². The van der Waals surface area contributed by atoms with Gasteiger partial charge in [0.2, 0.25) is 0 Å². The van der Waals surface area contributed by atoms with Crippen molar-refractivity contribution in [3.05, 3.63) is 58.6 Å². The molecule has 164 valence electrons. The lowest BCUT2D eigenvalue weighted by molar-refractivity contribution is -0.154. The lowest BCUT2D eigenvalue weighted by Crippen LogP contribution is -2.33. The van der Waals surface area contributed by atoms with Crippen molar-refractivity contribution in [2.75, 3.05) is 13.7 Å². The smallest absolute Gasteiger partial charge is 0.416 e. The van der Waals surface area contributed by atoms with E-state index in [1.807, 2.05) is 0 Å². The van der Waals surface area contributed by atoms with Gasteiger partial charge in [0, 0.05) is 20.9 Å². The molecule has 0 aliphatic rings. The molecule has 0 amide bonds. The lowest BCUT2D eigenvalue weighted by atomic mass is 9.84. The van der Waals surface area contributed by atoms with Gasteiger partial charge in [-0.15, -0.1) is 0 Å². The van der Waals surface area contributed by atoms with Crippen LogP contribution in [-0.2, 0) is 15.7 Å². The summed E-state index contributed by atoms with van der Waals surface area (Å²) < 4.78 is 43.4. The van der Waals surface area contributed by atoms with Gasteiger partial charge in [-0.2, -0.15) is 13.2 Å². The largest absolute Gasteiger partial charge is 0.469 e. The highest BCUT2D eigenvalue weighted by Gasteiger charge is 2.34. The van der Waals surface area contributed by atoms with E-state index in [1.165, 1.54) is 13.2 Å². The highest BCUT2D eigenvalue weighted by Crippen LogP contribution is 2.37. The second kappa shape index (κ2) is 10.0. The number of esters is 1. The normalized spacial score (nSPS) is 14.8. The fourth-order valence-electron chi connectivity index (χ4n) is 2.87. The van der Waals surface area contributed by atoms with Crippen molar-refractivity contribution in [2.45, 2.75) is 41.8 Å². The van der Waals surface area contributed by atoms with Crippen LogP contribution in [0.15, 0.2) is 52.3 Å². The number of carbonyl (C=O) groups is 1. The molecule has 2 unspecified atom stereocenters. The Morgan fingerprint density at radius 3 is 2.47 bits per heavy atom. The quantitative estimate of drug-likeness (QED) is 0.510. The topological polar surface area (TPSA) is 72.5 Å². The summed E-state index contributed by atoms with van der Waals surface area (Å²) in [6, 6.07) is 9.67. The van der Waals surface area contributed by atoms with Gasteiger partial charge in [-0.25, -0.2) is 0 Å². The van der Waals surface area contributed by atoms with Crippen molar-refractivity contribution in [1.82, 2.24) is 0 Å². The van der Waals surface area contributed by atoms with Crippen LogP contribution >= 0.6 is 23.4 Å². The molecule has 0 spiro atoms. The second-order valence-corrected chi connectivity index (χ2v) is 8.72. The molecular weight excluding hydrogens is 439 g/mol. The fraction of sp³-hybridized carbons (Fsp3) is 0.381. The number of methoxy groups -OCH3 is 1. The maximum Gasteiger partial charge on any atom is 0.416 e. The van der Waals surface area contributed by atoms with Crippen LogP contribution in [0.5, 0.6) is 0 Å². The van der Waals surface area contributed by atoms with Crippen molar-refractivity contribution in [3.8, 4) is 0 Å². The standard InChI is InChI=1S/C21H23ClF3NO3S/c1-20(12-27,19(28)29-2)9-8-18(26)16-7-6-15(11-17(16)22)30-14-5-3-4-13(10-14)21(23,24)25/h3-7,10-11,18,27H,8-9,12,26H2,1-2H3. The van der Waals surface area contributed by atoms with Crippen molar-refractivity contribution < 1.29 is 27.8 Å². The van der Waals surface area contributed by atoms with Crippen LogP contribution in [0.3, 0.4) is 0 Å². The molecule has 2 rings (SSSR count). The number of aliphatic hydroxyl groups excluding tert-OH is 1. The first kappa shape index (κ1) is 24.5. The summed E-state index contributed by atoms with van der Waals surface area (Å²) in [5, 5.41) is 9.91. The first-order valence-electron chi connectivity index (χ1n) is 9.09. The van der Waals surface area contributed by atoms with Gasteiger partial charge >= 0.3 is 12.1 Å². The number of carbonyl (C=O) groups excluding carboxylic acids is 1. The van der Waals surface area contributed by atoms with Crippen LogP contribution in [0.25, 0.3) is 0 Å². The molecule has 0 radical (unpaired) electrons. The summed E-state index contributed by atoms with van der Waals surface area (Å²) in [6.07, 6.45) is -3.72. The minimum Gasteiger partial charge on any atom is -0.469 e. The van der Waals surface area contributed by atoms with Crippen LogP contribution < -0.4 is 5.73 Å². The minimum atomic E-state index is -4.40. The Bertz CT molecular complexity index is 894. The predicted molar refractivity (Wildman–Crippen MR) is 110 cm³/mol. The van der Waals surface area contributed by atoms with E-state index in [0.29, 0.717) is 33.2 Å². The third-order valence-electron chi connectivity index (χ3n) is 4.80. The van der Waals surface area contributed by atoms with Gasteiger partial charge in [-0.1, -0.05) is 35.5 Å². The zero-order valence-electron chi connectivity index (χ0n) is 16.5. The van der Waals surface area contributed by atoms with Gasteiger partial charge < -0.3 is 15.6 Å². The van der Waals surface area contributed by atoms with Gasteiger partial charge in [0.15, 0.2) is 0 Å². The molecule has 9 heteroatoms. The van der Waals surface area contributed by atoms with E-state index in [4.69, 9.17) is 22.1 Å². The highest BCUT2D eigenvalue weighted by molar-refractivity contribution is 7.99. The van der Waals surface area contributed by atoms with Crippen LogP contribution in [0.2, 0.25) is 5.02 Å². The Hall–Kier alpha value is -1.74. The monoisotopic (exact) mass is 461 g/mol. The second-order valence-electron chi connectivity index (χ2n) is 7.17. The zero-order chi connectivity index (χ0) is 22.5. The predicted octanol–water partition coefficient (Wildman–Crippen LogP) is 5.46. The number of nitrogens with two attached hydrogens (primary N) is 1. The van der Waals surface area contributed by atoms with Gasteiger partial charge in [0.25, 0.3) is 0 Å². The van der Waals surface area contributed by atoms with Crippen LogP contribution in [0.1, 0.15) is 36.9 Å². The Kier molecular flexibility index (Phi) is 8.21. The summed E-state index contributed by atoms with van der Waals surface area (Å²) in [6.45, 7) is 1.23. The van der Waals surface area contributed by atoms with E-state index in [0.717, 1.165) is 23.9 Å². The van der Waals surface area contributed by atoms with Gasteiger partial charge in [-0.05, 0) is 55.7 Å². The first-order chi connectivity index (χ1) is 14.0. The van der Waals surface area contributed by atoms with E-state index < -0.39 is 29.2 Å². The first-order valence-corrected chi connectivity index (χ1v) is 10.3.